The van der Waals surface area contributed by atoms with Gasteiger partial charge in [-0.2, -0.15) is 5.10 Å². The molecule has 2 aliphatic rings. The first kappa shape index (κ1) is 17.5. The zero-order valence-electron chi connectivity index (χ0n) is 15.0. The van der Waals surface area contributed by atoms with E-state index in [-0.39, 0.29) is 17.9 Å². The average Bonchev–Trinajstić information content (AvgIpc) is 3.19. The van der Waals surface area contributed by atoms with Crippen LogP contribution in [0.4, 0.5) is 5.69 Å². The molecule has 0 spiro atoms. The molecule has 2 aliphatic heterocycles. The first-order valence-corrected chi connectivity index (χ1v) is 9.08. The quantitative estimate of drug-likeness (QED) is 0.730. The minimum atomic E-state index is -0.291. The second kappa shape index (κ2) is 6.67. The number of nitrogens with zero attached hydrogens (tertiary/aromatic N) is 3. The van der Waals surface area contributed by atoms with Crippen LogP contribution in [0.5, 0.6) is 0 Å². The van der Waals surface area contributed by atoms with Crippen molar-refractivity contribution < 1.29 is 9.59 Å². The largest absolute Gasteiger partial charge is 0.269 e. The van der Waals surface area contributed by atoms with Gasteiger partial charge in [-0.25, -0.2) is 4.90 Å². The summed E-state index contributed by atoms with van der Waals surface area (Å²) < 4.78 is 0. The van der Waals surface area contributed by atoms with Crippen LogP contribution in [0.15, 0.2) is 70.8 Å². The fourth-order valence-electron chi connectivity index (χ4n) is 3.38. The van der Waals surface area contributed by atoms with Crippen LogP contribution in [0.1, 0.15) is 31.9 Å². The summed E-state index contributed by atoms with van der Waals surface area (Å²) >= 11 is 6.03. The number of imide groups is 1. The maximum atomic E-state index is 12.6. The number of benzene rings is 2. The highest BCUT2D eigenvalue weighted by molar-refractivity contribution is 6.30. The van der Waals surface area contributed by atoms with Crippen LogP contribution in [0.25, 0.3) is 0 Å². The lowest BCUT2D eigenvalue weighted by Gasteiger charge is -2.23. The minimum Gasteiger partial charge on any atom is -0.269 e. The Hall–Kier alpha value is -2.92. The molecule has 0 fully saturated rings. The maximum absolute atomic E-state index is 12.6. The van der Waals surface area contributed by atoms with E-state index in [1.54, 1.807) is 13.8 Å². The van der Waals surface area contributed by atoms with E-state index in [2.05, 4.69) is 5.10 Å². The number of carbonyl (C=O) groups is 2. The van der Waals surface area contributed by atoms with Crippen molar-refractivity contribution >= 4 is 34.9 Å². The third kappa shape index (κ3) is 2.94. The lowest BCUT2D eigenvalue weighted by molar-refractivity contribution is -0.132. The molecule has 0 N–H and O–H groups in total. The number of hydrogen-bond donors (Lipinski definition) is 0. The van der Waals surface area contributed by atoms with Gasteiger partial charge in [0.25, 0.3) is 11.8 Å². The fourth-order valence-corrected chi connectivity index (χ4v) is 3.50. The van der Waals surface area contributed by atoms with Crippen LogP contribution in [0.2, 0.25) is 5.02 Å². The van der Waals surface area contributed by atoms with Crippen molar-refractivity contribution in [3.05, 3.63) is 76.3 Å². The molecule has 2 amide bonds. The van der Waals surface area contributed by atoms with Gasteiger partial charge in [0.1, 0.15) is 5.84 Å². The average molecular weight is 380 g/mol. The van der Waals surface area contributed by atoms with Gasteiger partial charge in [0.05, 0.1) is 11.7 Å². The molecule has 5 nitrogen and oxygen atoms in total. The van der Waals surface area contributed by atoms with Gasteiger partial charge in [0, 0.05) is 22.6 Å². The van der Waals surface area contributed by atoms with E-state index in [1.165, 1.54) is 4.90 Å². The molecule has 2 heterocycles. The number of anilines is 1. The van der Waals surface area contributed by atoms with Crippen LogP contribution in [-0.2, 0) is 9.59 Å². The van der Waals surface area contributed by atoms with Crippen LogP contribution in [0.3, 0.4) is 0 Å². The van der Waals surface area contributed by atoms with Crippen molar-refractivity contribution in [1.29, 1.82) is 0 Å². The lowest BCUT2D eigenvalue weighted by atomic mass is 10.0. The molecule has 0 saturated heterocycles. The molecule has 4 rings (SSSR count). The van der Waals surface area contributed by atoms with E-state index < -0.39 is 0 Å². The summed E-state index contributed by atoms with van der Waals surface area (Å²) in [6.07, 6.45) is 0.453. The normalized spacial score (nSPS) is 20.0. The van der Waals surface area contributed by atoms with Crippen LogP contribution in [-0.4, -0.2) is 22.5 Å². The number of amidine groups is 1. The van der Waals surface area contributed by atoms with Gasteiger partial charge in [-0.1, -0.05) is 41.9 Å². The van der Waals surface area contributed by atoms with Crippen LogP contribution >= 0.6 is 11.6 Å². The van der Waals surface area contributed by atoms with Crippen LogP contribution in [0, 0.1) is 0 Å². The summed E-state index contributed by atoms with van der Waals surface area (Å²) in [7, 11) is 0. The van der Waals surface area contributed by atoms with E-state index in [0.29, 0.717) is 28.4 Å². The number of halogens is 1. The summed E-state index contributed by atoms with van der Waals surface area (Å²) in [6.45, 7) is 3.35. The number of para-hydroxylation sites is 1. The maximum Gasteiger partial charge on any atom is 0.262 e. The van der Waals surface area contributed by atoms with Crippen molar-refractivity contribution in [3.63, 3.8) is 0 Å². The number of rotatable bonds is 2. The predicted octanol–water partition coefficient (Wildman–Crippen LogP) is 4.31. The standard InChI is InChI=1S/C21H18ClN3O2/c1-13-14(2)21(27)24(20(13)26)19-12-18(15-8-10-16(22)11-9-15)25(23-19)17-6-4-3-5-7-17/h3-11,18H,12H2,1-2H3. The Morgan fingerprint density at radius 1 is 0.926 bits per heavy atom. The highest BCUT2D eigenvalue weighted by Crippen LogP contribution is 2.37. The van der Waals surface area contributed by atoms with E-state index in [4.69, 9.17) is 11.6 Å². The second-order valence-corrected chi connectivity index (χ2v) is 7.10. The first-order valence-electron chi connectivity index (χ1n) is 8.71. The Bertz CT molecular complexity index is 956. The summed E-state index contributed by atoms with van der Waals surface area (Å²) in [6, 6.07) is 17.2. The van der Waals surface area contributed by atoms with Crippen molar-refractivity contribution in [1.82, 2.24) is 4.90 Å². The van der Waals surface area contributed by atoms with E-state index in [1.807, 2.05) is 59.6 Å². The van der Waals surface area contributed by atoms with Gasteiger partial charge >= 0.3 is 0 Å². The van der Waals surface area contributed by atoms with Crippen molar-refractivity contribution in [2.45, 2.75) is 26.3 Å². The molecule has 1 atom stereocenters. The van der Waals surface area contributed by atoms with Gasteiger partial charge < -0.3 is 0 Å². The minimum absolute atomic E-state index is 0.124. The number of hydrogen-bond acceptors (Lipinski definition) is 4. The van der Waals surface area contributed by atoms with E-state index >= 15 is 0 Å². The van der Waals surface area contributed by atoms with E-state index in [9.17, 15) is 9.59 Å². The Morgan fingerprint density at radius 3 is 2.11 bits per heavy atom. The Morgan fingerprint density at radius 2 is 1.52 bits per heavy atom. The van der Waals surface area contributed by atoms with Crippen LogP contribution < -0.4 is 5.01 Å². The molecule has 0 bridgehead atoms. The molecule has 1 unspecified atom stereocenters. The van der Waals surface area contributed by atoms with Gasteiger partial charge in [0.2, 0.25) is 0 Å². The fraction of sp³-hybridized carbons (Fsp3) is 0.190. The van der Waals surface area contributed by atoms with Crippen molar-refractivity contribution in [2.24, 2.45) is 5.10 Å². The van der Waals surface area contributed by atoms with Crippen molar-refractivity contribution in [2.75, 3.05) is 5.01 Å². The Balaban J connectivity index is 1.74. The molecule has 2 aromatic rings. The van der Waals surface area contributed by atoms with Gasteiger partial charge in [-0.15, -0.1) is 0 Å². The molecule has 27 heavy (non-hydrogen) atoms. The number of carbonyl (C=O) groups excluding carboxylic acids is 2. The summed E-state index contributed by atoms with van der Waals surface area (Å²) in [4.78, 5) is 26.4. The smallest absolute Gasteiger partial charge is 0.262 e. The van der Waals surface area contributed by atoms with Gasteiger partial charge in [-0.05, 0) is 43.7 Å². The third-order valence-electron chi connectivity index (χ3n) is 5.04. The molecule has 136 valence electrons. The van der Waals surface area contributed by atoms with Gasteiger partial charge in [0.15, 0.2) is 0 Å². The molecule has 0 saturated carbocycles. The summed E-state index contributed by atoms with van der Waals surface area (Å²) in [5.41, 5.74) is 2.86. The SMILES string of the molecule is CC1=C(C)C(=O)N(C2=NN(c3ccccc3)C(c3ccc(Cl)cc3)C2)C1=O. The molecule has 6 heteroatoms. The monoisotopic (exact) mass is 379 g/mol. The predicted molar refractivity (Wildman–Crippen MR) is 105 cm³/mol. The third-order valence-corrected chi connectivity index (χ3v) is 5.29. The Labute approximate surface area is 162 Å². The Kier molecular flexibility index (Phi) is 4.32. The number of amides is 2. The highest BCUT2D eigenvalue weighted by Gasteiger charge is 2.41. The summed E-state index contributed by atoms with van der Waals surface area (Å²) in [5.74, 6) is -0.118. The molecule has 0 radical (unpaired) electrons. The zero-order chi connectivity index (χ0) is 19.1. The zero-order valence-corrected chi connectivity index (χ0v) is 15.8. The van der Waals surface area contributed by atoms with E-state index in [0.717, 1.165) is 11.3 Å². The molecule has 0 aliphatic carbocycles. The first-order chi connectivity index (χ1) is 13.0. The molecule has 0 aromatic heterocycles. The molecule has 2 aromatic carbocycles. The van der Waals surface area contributed by atoms with Gasteiger partial charge in [-0.3, -0.25) is 14.6 Å². The van der Waals surface area contributed by atoms with Crippen molar-refractivity contribution in [3.8, 4) is 0 Å². The summed E-state index contributed by atoms with van der Waals surface area (Å²) in [5, 5.41) is 7.19. The topological polar surface area (TPSA) is 53.0 Å². The second-order valence-electron chi connectivity index (χ2n) is 6.66. The molecular weight excluding hydrogens is 362 g/mol. The molecular formula is C21H18ClN3O2. The lowest BCUT2D eigenvalue weighted by Crippen LogP contribution is -2.36. The highest BCUT2D eigenvalue weighted by atomic mass is 35.5. The number of hydrazone groups is 1.